The molecule has 3 nitrogen and oxygen atoms in total. The van der Waals surface area contributed by atoms with Crippen molar-refractivity contribution in [1.82, 2.24) is 5.32 Å². The van der Waals surface area contributed by atoms with Crippen LogP contribution >= 0.6 is 0 Å². The van der Waals surface area contributed by atoms with Gasteiger partial charge in [-0.3, -0.25) is 4.79 Å². The van der Waals surface area contributed by atoms with Gasteiger partial charge in [0, 0.05) is 5.56 Å². The number of benzene rings is 2. The van der Waals surface area contributed by atoms with Crippen molar-refractivity contribution >= 4 is 5.91 Å². The van der Waals surface area contributed by atoms with Crippen molar-refractivity contribution in [1.29, 1.82) is 0 Å². The molecule has 2 rings (SSSR count). The number of aryl methyl sites for hydroxylation is 1. The van der Waals surface area contributed by atoms with Crippen LogP contribution in [0.1, 0.15) is 46.9 Å². The van der Waals surface area contributed by atoms with Crippen molar-refractivity contribution in [2.75, 3.05) is 7.11 Å². The topological polar surface area (TPSA) is 38.3 Å². The average Bonchev–Trinajstić information content (AvgIpc) is 2.55. The zero-order valence-corrected chi connectivity index (χ0v) is 14.5. The second-order valence-corrected chi connectivity index (χ2v) is 6.22. The second kappa shape index (κ2) is 7.32. The Bertz CT molecular complexity index is 675. The first-order valence-corrected chi connectivity index (χ1v) is 7.95. The van der Waals surface area contributed by atoms with Crippen LogP contribution in [0, 0.1) is 19.8 Å². The highest BCUT2D eigenvalue weighted by Crippen LogP contribution is 2.25. The second-order valence-electron chi connectivity index (χ2n) is 6.22. The van der Waals surface area contributed by atoms with Gasteiger partial charge in [-0.05, 0) is 54.7 Å². The first-order valence-electron chi connectivity index (χ1n) is 7.95. The van der Waals surface area contributed by atoms with Crippen molar-refractivity contribution in [3.63, 3.8) is 0 Å². The molecule has 0 aliphatic rings. The summed E-state index contributed by atoms with van der Waals surface area (Å²) in [7, 11) is 1.65. The summed E-state index contributed by atoms with van der Waals surface area (Å²) in [5, 5.41) is 3.17. The third-order valence-electron chi connectivity index (χ3n) is 4.28. The summed E-state index contributed by atoms with van der Waals surface area (Å²) in [4.78, 5) is 12.7. The lowest BCUT2D eigenvalue weighted by molar-refractivity contribution is 0.0925. The van der Waals surface area contributed by atoms with E-state index in [0.717, 1.165) is 28.0 Å². The Morgan fingerprint density at radius 3 is 2.26 bits per heavy atom. The molecule has 0 fully saturated rings. The van der Waals surface area contributed by atoms with E-state index in [9.17, 15) is 4.79 Å². The number of amides is 1. The van der Waals surface area contributed by atoms with Gasteiger partial charge in [-0.2, -0.15) is 0 Å². The number of methoxy groups -OCH3 is 1. The van der Waals surface area contributed by atoms with Gasteiger partial charge in [-0.1, -0.05) is 38.1 Å². The molecule has 1 unspecified atom stereocenters. The van der Waals surface area contributed by atoms with Crippen LogP contribution in [0.3, 0.4) is 0 Å². The fourth-order valence-electron chi connectivity index (χ4n) is 2.66. The lowest BCUT2D eigenvalue weighted by Crippen LogP contribution is -2.32. The van der Waals surface area contributed by atoms with Crippen molar-refractivity contribution in [3.8, 4) is 5.75 Å². The Hall–Kier alpha value is -2.29. The molecule has 1 amide bonds. The van der Waals surface area contributed by atoms with Gasteiger partial charge in [0.1, 0.15) is 5.75 Å². The van der Waals surface area contributed by atoms with Gasteiger partial charge in [-0.15, -0.1) is 0 Å². The SMILES string of the molecule is COc1ccc(C(NC(=O)c2cccc(C)c2C)C(C)C)cc1. The molecule has 0 aliphatic carbocycles. The van der Waals surface area contributed by atoms with Crippen LogP contribution < -0.4 is 10.1 Å². The highest BCUT2D eigenvalue weighted by atomic mass is 16.5. The molecule has 1 N–H and O–H groups in total. The van der Waals surface area contributed by atoms with E-state index < -0.39 is 0 Å². The summed E-state index contributed by atoms with van der Waals surface area (Å²) in [6, 6.07) is 13.7. The summed E-state index contributed by atoms with van der Waals surface area (Å²) in [6.45, 7) is 8.23. The van der Waals surface area contributed by atoms with Crippen LogP contribution in [-0.4, -0.2) is 13.0 Å². The Balaban J connectivity index is 2.25. The molecule has 0 saturated heterocycles. The van der Waals surface area contributed by atoms with Gasteiger partial charge in [0.2, 0.25) is 0 Å². The molecule has 0 radical (unpaired) electrons. The number of rotatable bonds is 5. The van der Waals surface area contributed by atoms with Crippen LogP contribution in [0.15, 0.2) is 42.5 Å². The fourth-order valence-corrected chi connectivity index (χ4v) is 2.66. The lowest BCUT2D eigenvalue weighted by Gasteiger charge is -2.24. The molecule has 0 saturated carbocycles. The predicted octanol–water partition coefficient (Wildman–Crippen LogP) is 4.44. The third kappa shape index (κ3) is 3.92. The minimum Gasteiger partial charge on any atom is -0.497 e. The number of carbonyl (C=O) groups excluding carboxylic acids is 1. The minimum absolute atomic E-state index is 0.0271. The van der Waals surface area contributed by atoms with E-state index in [1.165, 1.54) is 0 Å². The van der Waals surface area contributed by atoms with Gasteiger partial charge < -0.3 is 10.1 Å². The first-order chi connectivity index (χ1) is 10.9. The van der Waals surface area contributed by atoms with Gasteiger partial charge in [-0.25, -0.2) is 0 Å². The fraction of sp³-hybridized carbons (Fsp3) is 0.350. The monoisotopic (exact) mass is 311 g/mol. The van der Waals surface area contributed by atoms with E-state index in [1.54, 1.807) is 7.11 Å². The van der Waals surface area contributed by atoms with E-state index >= 15 is 0 Å². The van der Waals surface area contributed by atoms with Gasteiger partial charge in [0.05, 0.1) is 13.2 Å². The van der Waals surface area contributed by atoms with Crippen LogP contribution in [0.25, 0.3) is 0 Å². The molecule has 1 atom stereocenters. The molecule has 0 aliphatic heterocycles. The Morgan fingerprint density at radius 2 is 1.70 bits per heavy atom. The number of carbonyl (C=O) groups is 1. The average molecular weight is 311 g/mol. The van der Waals surface area contributed by atoms with E-state index in [2.05, 4.69) is 19.2 Å². The van der Waals surface area contributed by atoms with E-state index in [-0.39, 0.29) is 17.9 Å². The highest BCUT2D eigenvalue weighted by Gasteiger charge is 2.20. The number of hydrogen-bond acceptors (Lipinski definition) is 2. The quantitative estimate of drug-likeness (QED) is 0.886. The summed E-state index contributed by atoms with van der Waals surface area (Å²) < 4.78 is 5.20. The van der Waals surface area contributed by atoms with Gasteiger partial charge in [0.25, 0.3) is 5.91 Å². The van der Waals surface area contributed by atoms with Crippen molar-refractivity contribution in [3.05, 3.63) is 64.7 Å². The molecule has 0 bridgehead atoms. The number of ether oxygens (including phenoxy) is 1. The van der Waals surface area contributed by atoms with Gasteiger partial charge >= 0.3 is 0 Å². The molecule has 2 aromatic carbocycles. The highest BCUT2D eigenvalue weighted by molar-refractivity contribution is 5.96. The first kappa shape index (κ1) is 17.1. The third-order valence-corrected chi connectivity index (χ3v) is 4.28. The largest absolute Gasteiger partial charge is 0.497 e. The van der Waals surface area contributed by atoms with Crippen molar-refractivity contribution < 1.29 is 9.53 Å². The molecular weight excluding hydrogens is 286 g/mol. The Labute approximate surface area is 138 Å². The summed E-state index contributed by atoms with van der Waals surface area (Å²) in [5.74, 6) is 1.08. The molecule has 0 spiro atoms. The summed E-state index contributed by atoms with van der Waals surface area (Å²) >= 11 is 0. The maximum atomic E-state index is 12.7. The Morgan fingerprint density at radius 1 is 1.04 bits per heavy atom. The zero-order valence-electron chi connectivity index (χ0n) is 14.5. The number of hydrogen-bond donors (Lipinski definition) is 1. The minimum atomic E-state index is -0.0340. The smallest absolute Gasteiger partial charge is 0.252 e. The van der Waals surface area contributed by atoms with Crippen LogP contribution in [0.2, 0.25) is 0 Å². The maximum Gasteiger partial charge on any atom is 0.252 e. The van der Waals surface area contributed by atoms with E-state index in [0.29, 0.717) is 0 Å². The van der Waals surface area contributed by atoms with Crippen LogP contribution in [0.5, 0.6) is 5.75 Å². The molecule has 23 heavy (non-hydrogen) atoms. The van der Waals surface area contributed by atoms with Gasteiger partial charge in [0.15, 0.2) is 0 Å². The number of nitrogens with one attached hydrogen (secondary N) is 1. The molecule has 0 heterocycles. The molecule has 2 aromatic rings. The molecule has 3 heteroatoms. The zero-order chi connectivity index (χ0) is 17.0. The maximum absolute atomic E-state index is 12.7. The normalized spacial score (nSPS) is 12.1. The van der Waals surface area contributed by atoms with Crippen molar-refractivity contribution in [2.45, 2.75) is 33.7 Å². The van der Waals surface area contributed by atoms with Crippen LogP contribution in [-0.2, 0) is 0 Å². The lowest BCUT2D eigenvalue weighted by atomic mass is 9.95. The molecule has 0 aromatic heterocycles. The molecule has 122 valence electrons. The van der Waals surface area contributed by atoms with E-state index in [1.807, 2.05) is 56.3 Å². The standard InChI is InChI=1S/C20H25NO2/c1-13(2)19(16-9-11-17(23-5)12-10-16)21-20(22)18-8-6-7-14(3)15(18)4/h6-13,19H,1-5H3,(H,21,22). The summed E-state index contributed by atoms with van der Waals surface area (Å²) in [5.41, 5.74) is 3.98. The van der Waals surface area contributed by atoms with E-state index in [4.69, 9.17) is 4.74 Å². The molecular formula is C20H25NO2. The van der Waals surface area contributed by atoms with Crippen molar-refractivity contribution in [2.24, 2.45) is 5.92 Å². The Kier molecular flexibility index (Phi) is 5.43. The van der Waals surface area contributed by atoms with Crippen LogP contribution in [0.4, 0.5) is 0 Å². The summed E-state index contributed by atoms with van der Waals surface area (Å²) in [6.07, 6.45) is 0. The predicted molar refractivity (Wildman–Crippen MR) is 94.0 cm³/mol.